The molecule has 2 N–H and O–H groups in total. The number of nitriles is 2. The Morgan fingerprint density at radius 1 is 1.35 bits per heavy atom. The Morgan fingerprint density at radius 2 is 2.10 bits per heavy atom. The molecule has 0 unspecified atom stereocenters. The largest absolute Gasteiger partial charge is 0.396 e. The van der Waals surface area contributed by atoms with Crippen LogP contribution in [0.5, 0.6) is 0 Å². The zero-order chi connectivity index (χ0) is 14.7. The highest BCUT2D eigenvalue weighted by Gasteiger charge is 2.18. The molecule has 0 saturated heterocycles. The molecular weight excluding hydrogens is 275 g/mol. The Hall–Kier alpha value is -2.57. The van der Waals surface area contributed by atoms with Gasteiger partial charge in [-0.25, -0.2) is 4.39 Å². The normalized spacial score (nSPS) is 9.80. The molecule has 0 radical (unpaired) electrons. The lowest BCUT2D eigenvalue weighted by Gasteiger charge is -2.17. The highest BCUT2D eigenvalue weighted by Crippen LogP contribution is 2.37. The molecule has 0 aliphatic rings. The molecule has 4 nitrogen and oxygen atoms in total. The zero-order valence-electron chi connectivity index (χ0n) is 10.7. The Labute approximate surface area is 120 Å². The van der Waals surface area contributed by atoms with Gasteiger partial charge >= 0.3 is 0 Å². The maximum atomic E-state index is 13.2. The number of anilines is 2. The average molecular weight is 286 g/mol. The van der Waals surface area contributed by atoms with Crippen LogP contribution in [0, 0.1) is 28.5 Å². The van der Waals surface area contributed by atoms with Crippen LogP contribution in [-0.4, -0.2) is 7.05 Å². The lowest BCUT2D eigenvalue weighted by Crippen LogP contribution is -2.16. The molecule has 0 amide bonds. The number of nitrogen functional groups attached to an aromatic ring is 1. The minimum atomic E-state index is -0.306. The first-order valence-electron chi connectivity index (χ1n) is 5.75. The molecule has 0 bridgehead atoms. The third kappa shape index (κ3) is 2.56. The summed E-state index contributed by atoms with van der Waals surface area (Å²) in [7, 11) is 1.78. The van der Waals surface area contributed by atoms with Gasteiger partial charge in [0.05, 0.1) is 5.69 Å². The molecule has 2 rings (SSSR count). The van der Waals surface area contributed by atoms with E-state index in [-0.39, 0.29) is 11.5 Å². The zero-order valence-corrected chi connectivity index (χ0v) is 11.5. The predicted octanol–water partition coefficient (Wildman–Crippen LogP) is 2.85. The maximum Gasteiger partial charge on any atom is 0.131 e. The van der Waals surface area contributed by atoms with Crippen LogP contribution < -0.4 is 10.6 Å². The van der Waals surface area contributed by atoms with Crippen LogP contribution >= 0.6 is 11.3 Å². The van der Waals surface area contributed by atoms with Crippen LogP contribution in [0.2, 0.25) is 0 Å². The fourth-order valence-corrected chi connectivity index (χ4v) is 2.80. The summed E-state index contributed by atoms with van der Waals surface area (Å²) in [5.41, 5.74) is 7.04. The van der Waals surface area contributed by atoms with E-state index in [9.17, 15) is 4.39 Å². The molecule has 2 aromatic rings. The number of nitrogens with two attached hydrogens (primary N) is 1. The summed E-state index contributed by atoms with van der Waals surface area (Å²) < 4.78 is 13.2. The number of halogens is 1. The fraction of sp³-hybridized carbons (Fsp3) is 0.143. The minimum absolute atomic E-state index is 0.209. The summed E-state index contributed by atoms with van der Waals surface area (Å²) in [6.07, 6.45) is 0. The van der Waals surface area contributed by atoms with Crippen molar-refractivity contribution in [1.29, 1.82) is 10.5 Å². The Bertz CT molecular complexity index is 724. The topological polar surface area (TPSA) is 76.8 Å². The van der Waals surface area contributed by atoms with Crippen molar-refractivity contribution in [3.63, 3.8) is 0 Å². The second-order valence-electron chi connectivity index (χ2n) is 4.23. The van der Waals surface area contributed by atoms with Crippen molar-refractivity contribution in [2.45, 2.75) is 6.54 Å². The summed E-state index contributed by atoms with van der Waals surface area (Å²) >= 11 is 1.17. The van der Waals surface area contributed by atoms with Gasteiger partial charge in [0.15, 0.2) is 0 Å². The SMILES string of the molecule is CN(Cc1cccc(F)c1)c1sc(C#N)c(N)c1C#N. The highest BCUT2D eigenvalue weighted by molar-refractivity contribution is 7.17. The van der Waals surface area contributed by atoms with Crippen molar-refractivity contribution in [2.24, 2.45) is 0 Å². The van der Waals surface area contributed by atoms with Crippen molar-refractivity contribution >= 4 is 22.0 Å². The summed E-state index contributed by atoms with van der Waals surface area (Å²) in [5, 5.41) is 18.7. The molecular formula is C14H11FN4S. The van der Waals surface area contributed by atoms with Gasteiger partial charge in [-0.1, -0.05) is 12.1 Å². The molecule has 0 atom stereocenters. The molecule has 0 saturated carbocycles. The van der Waals surface area contributed by atoms with Gasteiger partial charge in [-0.2, -0.15) is 10.5 Å². The fourth-order valence-electron chi connectivity index (χ4n) is 1.87. The van der Waals surface area contributed by atoms with E-state index < -0.39 is 0 Å². The van der Waals surface area contributed by atoms with Crippen molar-refractivity contribution in [3.8, 4) is 12.1 Å². The lowest BCUT2D eigenvalue weighted by atomic mass is 10.2. The standard InChI is InChI=1S/C14H11FN4S/c1-19(8-9-3-2-4-10(15)5-9)14-11(6-16)13(18)12(7-17)20-14/h2-5H,8,18H2,1H3. The van der Waals surface area contributed by atoms with E-state index in [0.29, 0.717) is 22.0 Å². The van der Waals surface area contributed by atoms with Crippen molar-refractivity contribution in [3.05, 3.63) is 46.1 Å². The van der Waals surface area contributed by atoms with E-state index in [1.165, 1.54) is 23.5 Å². The van der Waals surface area contributed by atoms with Gasteiger partial charge in [0.1, 0.15) is 33.4 Å². The van der Waals surface area contributed by atoms with E-state index in [1.807, 2.05) is 12.1 Å². The Morgan fingerprint density at radius 3 is 2.70 bits per heavy atom. The van der Waals surface area contributed by atoms with Crippen LogP contribution in [0.15, 0.2) is 24.3 Å². The van der Waals surface area contributed by atoms with E-state index >= 15 is 0 Å². The van der Waals surface area contributed by atoms with Crippen LogP contribution in [0.3, 0.4) is 0 Å². The maximum absolute atomic E-state index is 13.2. The van der Waals surface area contributed by atoms with Crippen molar-refractivity contribution < 1.29 is 4.39 Å². The van der Waals surface area contributed by atoms with Gasteiger partial charge in [-0.05, 0) is 17.7 Å². The van der Waals surface area contributed by atoms with Crippen LogP contribution in [-0.2, 0) is 6.54 Å². The van der Waals surface area contributed by atoms with Crippen LogP contribution in [0.4, 0.5) is 15.1 Å². The molecule has 0 aliphatic carbocycles. The predicted molar refractivity (Wildman–Crippen MR) is 76.7 cm³/mol. The molecule has 100 valence electrons. The Kier molecular flexibility index (Phi) is 3.88. The number of benzene rings is 1. The van der Waals surface area contributed by atoms with Crippen molar-refractivity contribution in [2.75, 3.05) is 17.7 Å². The lowest BCUT2D eigenvalue weighted by molar-refractivity contribution is 0.625. The smallest absolute Gasteiger partial charge is 0.131 e. The quantitative estimate of drug-likeness (QED) is 0.941. The summed E-state index contributed by atoms with van der Waals surface area (Å²) in [6.45, 7) is 0.428. The molecule has 0 fully saturated rings. The van der Waals surface area contributed by atoms with Crippen LogP contribution in [0.25, 0.3) is 0 Å². The number of thiophene rings is 1. The van der Waals surface area contributed by atoms with Gasteiger partial charge in [-0.15, -0.1) is 11.3 Å². The second-order valence-corrected chi connectivity index (χ2v) is 5.23. The average Bonchev–Trinajstić information content (AvgIpc) is 2.75. The van der Waals surface area contributed by atoms with E-state index in [0.717, 1.165) is 5.56 Å². The number of nitrogens with zero attached hydrogens (tertiary/aromatic N) is 3. The van der Waals surface area contributed by atoms with Gasteiger partial charge in [0.2, 0.25) is 0 Å². The summed E-state index contributed by atoms with van der Waals surface area (Å²) in [6, 6.07) is 10.2. The molecule has 0 spiro atoms. The number of hydrogen-bond donors (Lipinski definition) is 1. The molecule has 6 heteroatoms. The van der Waals surface area contributed by atoms with Gasteiger partial charge < -0.3 is 10.6 Å². The second kappa shape index (κ2) is 5.60. The highest BCUT2D eigenvalue weighted by atomic mass is 32.1. The van der Waals surface area contributed by atoms with E-state index in [1.54, 1.807) is 24.1 Å². The monoisotopic (exact) mass is 286 g/mol. The third-order valence-corrected chi connectivity index (χ3v) is 4.02. The van der Waals surface area contributed by atoms with Gasteiger partial charge in [-0.3, -0.25) is 0 Å². The Balaban J connectivity index is 2.33. The summed E-state index contributed by atoms with van der Waals surface area (Å²) in [5.74, 6) is -0.306. The molecule has 20 heavy (non-hydrogen) atoms. The first kappa shape index (κ1) is 13.9. The third-order valence-electron chi connectivity index (χ3n) is 2.80. The first-order chi connectivity index (χ1) is 9.56. The summed E-state index contributed by atoms with van der Waals surface area (Å²) in [4.78, 5) is 2.11. The molecule has 1 heterocycles. The molecule has 1 aromatic heterocycles. The van der Waals surface area contributed by atoms with Crippen LogP contribution in [0.1, 0.15) is 16.0 Å². The molecule has 0 aliphatic heterocycles. The molecule has 1 aromatic carbocycles. The minimum Gasteiger partial charge on any atom is -0.396 e. The number of hydrogen-bond acceptors (Lipinski definition) is 5. The first-order valence-corrected chi connectivity index (χ1v) is 6.56. The van der Waals surface area contributed by atoms with E-state index in [2.05, 4.69) is 0 Å². The van der Waals surface area contributed by atoms with Gasteiger partial charge in [0, 0.05) is 13.6 Å². The van der Waals surface area contributed by atoms with Gasteiger partial charge in [0.25, 0.3) is 0 Å². The van der Waals surface area contributed by atoms with Crippen molar-refractivity contribution in [1.82, 2.24) is 0 Å². The van der Waals surface area contributed by atoms with E-state index in [4.69, 9.17) is 16.3 Å². The number of rotatable bonds is 3.